The highest BCUT2D eigenvalue weighted by atomic mass is 16.5. The molecule has 7 heteroatoms. The molecular weight excluding hydrogens is 332 g/mol. The summed E-state index contributed by atoms with van der Waals surface area (Å²) in [5.41, 5.74) is 0.113. The minimum Gasteiger partial charge on any atom is -0.466 e. The highest BCUT2D eigenvalue weighted by Gasteiger charge is 2.29. The van der Waals surface area contributed by atoms with Gasteiger partial charge in [-0.3, -0.25) is 9.59 Å². The molecule has 0 atom stereocenters. The van der Waals surface area contributed by atoms with Gasteiger partial charge in [0.2, 0.25) is 0 Å². The third-order valence-electron chi connectivity index (χ3n) is 4.69. The average molecular weight is 364 g/mol. The van der Waals surface area contributed by atoms with Gasteiger partial charge in [0.1, 0.15) is 11.6 Å². The zero-order valence-corrected chi connectivity index (χ0v) is 16.3. The molecule has 7 nitrogen and oxygen atoms in total. The Morgan fingerprint density at radius 3 is 2.46 bits per heavy atom. The van der Waals surface area contributed by atoms with E-state index in [1.54, 1.807) is 11.8 Å². The molecule has 1 heterocycles. The number of carbonyl (C=O) groups is 2. The fourth-order valence-corrected chi connectivity index (χ4v) is 3.01. The van der Waals surface area contributed by atoms with Crippen LogP contribution in [0.15, 0.2) is 11.8 Å². The molecule has 1 rings (SSSR count). The van der Waals surface area contributed by atoms with Crippen LogP contribution >= 0.6 is 0 Å². The van der Waals surface area contributed by atoms with Gasteiger partial charge in [-0.25, -0.2) is 0 Å². The van der Waals surface area contributed by atoms with E-state index in [4.69, 9.17) is 4.74 Å². The molecule has 146 valence electrons. The van der Waals surface area contributed by atoms with E-state index in [1.807, 2.05) is 6.07 Å². The van der Waals surface area contributed by atoms with Crippen LogP contribution < -0.4 is 5.32 Å². The van der Waals surface area contributed by atoms with Crippen LogP contribution in [-0.2, 0) is 14.3 Å². The molecule has 0 saturated carbocycles. The van der Waals surface area contributed by atoms with Gasteiger partial charge < -0.3 is 19.9 Å². The molecule has 0 spiro atoms. The number of nitriles is 1. The normalized spacial score (nSPS) is 15.7. The summed E-state index contributed by atoms with van der Waals surface area (Å²) >= 11 is 0. The van der Waals surface area contributed by atoms with Crippen molar-refractivity contribution in [1.82, 2.24) is 15.1 Å². The maximum Gasteiger partial charge on any atom is 0.309 e. The first-order chi connectivity index (χ1) is 12.6. The second-order valence-electron chi connectivity index (χ2n) is 6.32. The Morgan fingerprint density at radius 2 is 1.92 bits per heavy atom. The molecule has 0 aliphatic carbocycles. The number of likely N-dealkylation sites (tertiary alicyclic amines) is 1. The maximum atomic E-state index is 12.5. The third kappa shape index (κ3) is 7.04. The van der Waals surface area contributed by atoms with Crippen LogP contribution in [0.25, 0.3) is 0 Å². The number of piperidine rings is 1. The Bertz CT molecular complexity index is 515. The quantitative estimate of drug-likeness (QED) is 0.274. The molecule has 0 bridgehead atoms. The van der Waals surface area contributed by atoms with Crippen LogP contribution in [0, 0.1) is 17.2 Å². The predicted molar refractivity (Wildman–Crippen MR) is 100 cm³/mol. The zero-order valence-electron chi connectivity index (χ0n) is 16.3. The molecule has 1 fully saturated rings. The maximum absolute atomic E-state index is 12.5. The van der Waals surface area contributed by atoms with Gasteiger partial charge >= 0.3 is 5.97 Å². The topological polar surface area (TPSA) is 85.7 Å². The first-order valence-corrected chi connectivity index (χ1v) is 9.59. The smallest absolute Gasteiger partial charge is 0.309 e. The van der Waals surface area contributed by atoms with Crippen molar-refractivity contribution in [2.45, 2.75) is 40.0 Å². The van der Waals surface area contributed by atoms with E-state index in [0.717, 1.165) is 32.6 Å². The summed E-state index contributed by atoms with van der Waals surface area (Å²) in [5.74, 6) is -0.608. The highest BCUT2D eigenvalue weighted by molar-refractivity contribution is 5.97. The molecule has 1 aliphatic heterocycles. The van der Waals surface area contributed by atoms with Gasteiger partial charge in [-0.15, -0.1) is 0 Å². The summed E-state index contributed by atoms with van der Waals surface area (Å²) in [4.78, 5) is 28.2. The summed E-state index contributed by atoms with van der Waals surface area (Å²) < 4.78 is 5.04. The second-order valence-corrected chi connectivity index (χ2v) is 6.32. The van der Waals surface area contributed by atoms with Crippen molar-refractivity contribution in [2.75, 3.05) is 45.9 Å². The van der Waals surface area contributed by atoms with E-state index in [-0.39, 0.29) is 23.4 Å². The minimum absolute atomic E-state index is 0.113. The van der Waals surface area contributed by atoms with Gasteiger partial charge in [0.05, 0.1) is 12.5 Å². The molecule has 1 amide bonds. The highest BCUT2D eigenvalue weighted by Crippen LogP contribution is 2.19. The van der Waals surface area contributed by atoms with E-state index in [1.165, 1.54) is 6.20 Å². The van der Waals surface area contributed by atoms with Crippen LogP contribution in [-0.4, -0.2) is 67.6 Å². The molecule has 1 saturated heterocycles. The van der Waals surface area contributed by atoms with Crippen molar-refractivity contribution >= 4 is 11.9 Å². The fourth-order valence-electron chi connectivity index (χ4n) is 3.01. The second kappa shape index (κ2) is 12.3. The molecule has 0 aromatic heterocycles. The molecule has 0 aromatic carbocycles. The number of amides is 1. The number of nitrogens with one attached hydrogen (secondary N) is 1. The van der Waals surface area contributed by atoms with Crippen LogP contribution in [0.4, 0.5) is 0 Å². The fraction of sp³-hybridized carbons (Fsp3) is 0.737. The first-order valence-electron chi connectivity index (χ1n) is 9.59. The van der Waals surface area contributed by atoms with Gasteiger partial charge in [-0.1, -0.05) is 13.8 Å². The monoisotopic (exact) mass is 364 g/mol. The molecule has 26 heavy (non-hydrogen) atoms. The number of ether oxygens (including phenoxy) is 1. The first kappa shape index (κ1) is 22.0. The lowest BCUT2D eigenvalue weighted by molar-refractivity contribution is -0.150. The summed E-state index contributed by atoms with van der Waals surface area (Å²) in [6, 6.07) is 1.98. The molecule has 0 aromatic rings. The van der Waals surface area contributed by atoms with Gasteiger partial charge in [0.15, 0.2) is 0 Å². The van der Waals surface area contributed by atoms with Crippen LogP contribution in [0.3, 0.4) is 0 Å². The lowest BCUT2D eigenvalue weighted by Crippen LogP contribution is -2.41. The Labute approximate surface area is 157 Å². The van der Waals surface area contributed by atoms with E-state index in [9.17, 15) is 14.9 Å². The lowest BCUT2D eigenvalue weighted by Gasteiger charge is -2.30. The number of nitrogens with zero attached hydrogens (tertiary/aromatic N) is 3. The van der Waals surface area contributed by atoms with Crippen molar-refractivity contribution in [1.29, 1.82) is 5.26 Å². The molecule has 0 radical (unpaired) electrons. The SMILES string of the molecule is CCOC(=O)C1CCN(C(=O)/C(C#N)=C\NCCCN(CC)CC)CC1. The molecular formula is C19H32N4O3. The van der Waals surface area contributed by atoms with Gasteiger partial charge in [-0.2, -0.15) is 5.26 Å². The number of carbonyl (C=O) groups excluding carboxylic acids is 2. The third-order valence-corrected chi connectivity index (χ3v) is 4.69. The van der Waals surface area contributed by atoms with E-state index >= 15 is 0 Å². The van der Waals surface area contributed by atoms with E-state index in [2.05, 4.69) is 24.1 Å². The predicted octanol–water partition coefficient (Wildman–Crippen LogP) is 1.52. The minimum atomic E-state index is -0.272. The van der Waals surface area contributed by atoms with Crippen molar-refractivity contribution < 1.29 is 14.3 Å². The van der Waals surface area contributed by atoms with E-state index < -0.39 is 0 Å². The lowest BCUT2D eigenvalue weighted by atomic mass is 9.96. The summed E-state index contributed by atoms with van der Waals surface area (Å²) in [7, 11) is 0. The Kier molecular flexibility index (Phi) is 10.4. The van der Waals surface area contributed by atoms with Gasteiger partial charge in [0.25, 0.3) is 5.91 Å². The molecule has 0 unspecified atom stereocenters. The van der Waals surface area contributed by atoms with Gasteiger partial charge in [0, 0.05) is 25.8 Å². The van der Waals surface area contributed by atoms with Crippen molar-refractivity contribution in [3.63, 3.8) is 0 Å². The Hall–Kier alpha value is -2.07. The largest absolute Gasteiger partial charge is 0.466 e. The molecule has 1 aliphatic rings. The zero-order chi connectivity index (χ0) is 19.4. The van der Waals surface area contributed by atoms with Crippen LogP contribution in [0.1, 0.15) is 40.0 Å². The number of hydrogen-bond donors (Lipinski definition) is 1. The average Bonchev–Trinajstić information content (AvgIpc) is 2.67. The number of esters is 1. The van der Waals surface area contributed by atoms with E-state index in [0.29, 0.717) is 32.5 Å². The van der Waals surface area contributed by atoms with Crippen LogP contribution in [0.5, 0.6) is 0 Å². The standard InChI is InChI=1S/C19H32N4O3/c1-4-22(5-2)11-7-10-21-15-17(14-20)18(24)23-12-8-16(9-13-23)19(25)26-6-3/h15-16,21H,4-13H2,1-3H3/b17-15-. The summed E-state index contributed by atoms with van der Waals surface area (Å²) in [6.07, 6.45) is 3.64. The Morgan fingerprint density at radius 1 is 1.27 bits per heavy atom. The van der Waals surface area contributed by atoms with Crippen molar-refractivity contribution in [2.24, 2.45) is 5.92 Å². The molecule has 1 N–H and O–H groups in total. The number of hydrogen-bond acceptors (Lipinski definition) is 6. The Balaban J connectivity index is 2.42. The van der Waals surface area contributed by atoms with Crippen molar-refractivity contribution in [3.8, 4) is 6.07 Å². The van der Waals surface area contributed by atoms with Crippen molar-refractivity contribution in [3.05, 3.63) is 11.8 Å². The summed E-state index contributed by atoms with van der Waals surface area (Å²) in [6.45, 7) is 11.1. The van der Waals surface area contributed by atoms with Gasteiger partial charge in [-0.05, 0) is 45.8 Å². The summed E-state index contributed by atoms with van der Waals surface area (Å²) in [5, 5.41) is 12.3. The van der Waals surface area contributed by atoms with Crippen LogP contribution in [0.2, 0.25) is 0 Å². The number of rotatable bonds is 10.